The zero-order valence-electron chi connectivity index (χ0n) is 10.3. The van der Waals surface area contributed by atoms with Crippen LogP contribution in [0.2, 0.25) is 0 Å². The summed E-state index contributed by atoms with van der Waals surface area (Å²) in [6.07, 6.45) is -0.327. The molecule has 0 aliphatic heterocycles. The van der Waals surface area contributed by atoms with Crippen molar-refractivity contribution in [3.8, 4) is 0 Å². The van der Waals surface area contributed by atoms with E-state index in [0.717, 1.165) is 0 Å². The van der Waals surface area contributed by atoms with Crippen LogP contribution in [0.5, 0.6) is 0 Å². The molecule has 2 unspecified atom stereocenters. The molecule has 0 fully saturated rings. The van der Waals surface area contributed by atoms with Crippen molar-refractivity contribution in [2.24, 2.45) is 11.5 Å². The Kier molecular flexibility index (Phi) is 23.1. The fraction of sp³-hybridized carbons (Fsp3) is 0.625. The van der Waals surface area contributed by atoms with E-state index in [9.17, 15) is 19.5 Å². The number of hydrogen-bond acceptors (Lipinski definition) is 7. The van der Waals surface area contributed by atoms with Gasteiger partial charge in [0.05, 0.1) is 5.97 Å². The minimum Gasteiger partial charge on any atom is -0.548 e. The van der Waals surface area contributed by atoms with Crippen molar-refractivity contribution >= 4 is 42.9 Å². The molecule has 0 aromatic carbocycles. The van der Waals surface area contributed by atoms with E-state index in [1.165, 1.54) is 0 Å². The predicted molar refractivity (Wildman–Crippen MR) is 66.6 cm³/mol. The average molecular weight is 327 g/mol. The molecule has 0 rings (SSSR count). The van der Waals surface area contributed by atoms with Crippen LogP contribution in [0.3, 0.4) is 0 Å². The van der Waals surface area contributed by atoms with Crippen molar-refractivity contribution in [3.63, 3.8) is 0 Å². The van der Waals surface area contributed by atoms with Crippen molar-refractivity contribution in [2.75, 3.05) is 5.75 Å². The summed E-state index contributed by atoms with van der Waals surface area (Å²) in [6, 6.07) is -1.99. The third-order valence-corrected chi connectivity index (χ3v) is 1.88. The summed E-state index contributed by atoms with van der Waals surface area (Å²) in [5.41, 5.74) is 9.88. The summed E-state index contributed by atoms with van der Waals surface area (Å²) >= 11 is 3.65. The van der Waals surface area contributed by atoms with Gasteiger partial charge in [-0.2, -0.15) is 12.6 Å². The van der Waals surface area contributed by atoms with E-state index in [0.29, 0.717) is 0 Å². The van der Waals surface area contributed by atoms with Gasteiger partial charge in [0.2, 0.25) is 0 Å². The van der Waals surface area contributed by atoms with Gasteiger partial charge in [-0.25, -0.2) is 0 Å². The van der Waals surface area contributed by atoms with Crippen LogP contribution in [0.4, 0.5) is 0 Å². The smallest absolute Gasteiger partial charge is 0.548 e. The molecule has 0 saturated carbocycles. The summed E-state index contributed by atoms with van der Waals surface area (Å²) in [7, 11) is 0. The first kappa shape index (κ1) is 27.3. The molecule has 8 nitrogen and oxygen atoms in total. The molecule has 0 aliphatic rings. The van der Waals surface area contributed by atoms with Gasteiger partial charge in [0, 0.05) is 18.2 Å². The Bertz CT molecular complexity index is 284. The molecule has 0 heterocycles. The minimum absolute atomic E-state index is 0. The van der Waals surface area contributed by atoms with E-state index in [1.807, 2.05) is 0 Å². The normalized spacial score (nSPS) is 11.5. The Labute approximate surface area is 144 Å². The Morgan fingerprint density at radius 3 is 1.74 bits per heavy atom. The Balaban J connectivity index is -0.000000112. The molecule has 0 aromatic heterocycles. The predicted octanol–water partition coefficient (Wildman–Crippen LogP) is -5.32. The Morgan fingerprint density at radius 1 is 1.16 bits per heavy atom. The minimum atomic E-state index is -1.42. The fourth-order valence-corrected chi connectivity index (χ4v) is 0.631. The standard InChI is InChI=1S/C5H9NO4.C3H7NO2S.ClH.Na/c6-3(5(9)10)1-2-4(7)8;4-2(1-7)3(5)6;;/h3H,1-2,6H2,(H,7,8)(H,9,10);2,7H,1,4H2,(H,5,6);1H;/q;;;+1/p-1. The van der Waals surface area contributed by atoms with E-state index in [4.69, 9.17) is 21.7 Å². The van der Waals surface area contributed by atoms with E-state index < -0.39 is 30.0 Å². The van der Waals surface area contributed by atoms with Crippen LogP contribution in [0.15, 0.2) is 0 Å². The number of aliphatic carboxylic acids is 3. The summed E-state index contributed by atoms with van der Waals surface area (Å²) in [6.45, 7) is 0. The quantitative estimate of drug-likeness (QED) is 0.238. The van der Waals surface area contributed by atoms with Gasteiger partial charge < -0.3 is 31.6 Å². The van der Waals surface area contributed by atoms with Gasteiger partial charge in [-0.15, -0.1) is 12.4 Å². The molecule has 2 atom stereocenters. The molecular formula is C8H16ClN2NaO6S. The van der Waals surface area contributed by atoms with Gasteiger partial charge in [0.25, 0.3) is 0 Å². The van der Waals surface area contributed by atoms with Gasteiger partial charge >= 0.3 is 41.5 Å². The van der Waals surface area contributed by atoms with Crippen molar-refractivity contribution in [3.05, 3.63) is 0 Å². The van der Waals surface area contributed by atoms with Gasteiger partial charge in [0.1, 0.15) is 6.04 Å². The first-order valence-electron chi connectivity index (χ1n) is 4.49. The molecule has 19 heavy (non-hydrogen) atoms. The number of halogens is 1. The maximum atomic E-state index is 9.88. The number of hydrogen-bond donors (Lipinski definition) is 5. The van der Waals surface area contributed by atoms with Crippen molar-refractivity contribution in [1.29, 1.82) is 0 Å². The number of carboxylic acids is 3. The number of nitrogens with two attached hydrogens (primary N) is 2. The summed E-state index contributed by atoms with van der Waals surface area (Å²) < 4.78 is 0. The molecule has 6 N–H and O–H groups in total. The third kappa shape index (κ3) is 20.5. The molecule has 0 bridgehead atoms. The molecule has 0 aliphatic carbocycles. The van der Waals surface area contributed by atoms with E-state index in [1.54, 1.807) is 0 Å². The Hall–Kier alpha value is -0.0300. The number of thiol groups is 1. The van der Waals surface area contributed by atoms with Crippen LogP contribution in [0.25, 0.3) is 0 Å². The molecule has 0 amide bonds. The second kappa shape index (κ2) is 16.0. The molecular weight excluding hydrogens is 311 g/mol. The first-order chi connectivity index (χ1) is 7.72. The monoisotopic (exact) mass is 326 g/mol. The third-order valence-electron chi connectivity index (χ3n) is 1.49. The second-order valence-electron chi connectivity index (χ2n) is 2.99. The average Bonchev–Trinajstić information content (AvgIpc) is 2.24. The number of carbonyl (C=O) groups excluding carboxylic acids is 1. The second-order valence-corrected chi connectivity index (χ2v) is 3.35. The molecule has 11 heteroatoms. The fourth-order valence-electron chi connectivity index (χ4n) is 0.475. The maximum absolute atomic E-state index is 9.88. The molecule has 0 spiro atoms. The zero-order valence-corrected chi connectivity index (χ0v) is 14.0. The van der Waals surface area contributed by atoms with Crippen molar-refractivity contribution < 1.29 is 59.3 Å². The largest absolute Gasteiger partial charge is 1.00 e. The van der Waals surface area contributed by atoms with Gasteiger partial charge in [-0.3, -0.25) is 9.59 Å². The molecule has 0 saturated heterocycles. The zero-order chi connectivity index (χ0) is 14.0. The van der Waals surface area contributed by atoms with Crippen LogP contribution in [-0.4, -0.2) is 46.0 Å². The van der Waals surface area contributed by atoms with Crippen LogP contribution in [0.1, 0.15) is 12.8 Å². The maximum Gasteiger partial charge on any atom is 1.00 e. The topological polar surface area (TPSA) is 167 Å². The summed E-state index contributed by atoms with van der Waals surface area (Å²) in [5.74, 6) is -3.29. The number of carboxylic acid groups (broad SMARTS) is 3. The SMILES string of the molecule is Cl.NC(CCC(=O)O)C(=O)[O-].NC(CS)C(=O)O.[Na+]. The van der Waals surface area contributed by atoms with Crippen molar-refractivity contribution in [2.45, 2.75) is 24.9 Å². The Morgan fingerprint density at radius 2 is 1.58 bits per heavy atom. The van der Waals surface area contributed by atoms with Crippen LogP contribution in [-0.2, 0) is 14.4 Å². The van der Waals surface area contributed by atoms with Gasteiger partial charge in [0.15, 0.2) is 0 Å². The van der Waals surface area contributed by atoms with Gasteiger partial charge in [-0.05, 0) is 6.42 Å². The number of rotatable bonds is 6. The molecule has 0 aromatic rings. The summed E-state index contributed by atoms with van der Waals surface area (Å²) in [4.78, 5) is 29.5. The first-order valence-corrected chi connectivity index (χ1v) is 5.13. The van der Waals surface area contributed by atoms with Gasteiger partial charge in [-0.1, -0.05) is 0 Å². The molecule has 108 valence electrons. The van der Waals surface area contributed by atoms with E-state index >= 15 is 0 Å². The van der Waals surface area contributed by atoms with Crippen LogP contribution >= 0.6 is 25.0 Å². The molecule has 0 radical (unpaired) electrons. The van der Waals surface area contributed by atoms with E-state index in [2.05, 4.69) is 12.6 Å². The van der Waals surface area contributed by atoms with Crippen molar-refractivity contribution in [1.82, 2.24) is 0 Å². The van der Waals surface area contributed by atoms with Crippen LogP contribution in [0, 0.1) is 0 Å². The van der Waals surface area contributed by atoms with Crippen LogP contribution < -0.4 is 46.1 Å². The summed E-state index contributed by atoms with van der Waals surface area (Å²) in [5, 5.41) is 26.0. The number of carbonyl (C=O) groups is 3. The van der Waals surface area contributed by atoms with E-state index in [-0.39, 0.29) is 60.6 Å².